The molecule has 206 valence electrons. The average Bonchev–Trinajstić information content (AvgIpc) is 3.15. The van der Waals surface area contributed by atoms with Gasteiger partial charge in [0.15, 0.2) is 12.1 Å². The fourth-order valence-electron chi connectivity index (χ4n) is 4.15. The van der Waals surface area contributed by atoms with Crippen LogP contribution in [-0.4, -0.2) is 39.3 Å². The molecule has 0 aliphatic heterocycles. The Labute approximate surface area is 222 Å². The van der Waals surface area contributed by atoms with Crippen molar-refractivity contribution in [2.24, 2.45) is 7.05 Å². The Kier molecular flexibility index (Phi) is 9.82. The van der Waals surface area contributed by atoms with Crippen LogP contribution in [0.25, 0.3) is 5.69 Å². The molecule has 0 fully saturated rings. The maximum Gasteiger partial charge on any atom is 0.350 e. The molecule has 0 radical (unpaired) electrons. The molecule has 0 bridgehead atoms. The minimum Gasteiger partial charge on any atom is -0.490 e. The molecule has 0 spiro atoms. The number of hydrogen-bond acceptors (Lipinski definition) is 6. The van der Waals surface area contributed by atoms with Crippen LogP contribution in [0.1, 0.15) is 75.3 Å². The number of halogens is 1. The van der Waals surface area contributed by atoms with Gasteiger partial charge in [-0.1, -0.05) is 31.5 Å². The number of ether oxygens (including phenoxy) is 3. The molecule has 3 rings (SSSR count). The maximum atomic E-state index is 15.5. The second-order valence-electron chi connectivity index (χ2n) is 9.20. The second kappa shape index (κ2) is 12.8. The van der Waals surface area contributed by atoms with Crippen molar-refractivity contribution in [2.75, 3.05) is 11.9 Å². The molecule has 0 saturated heterocycles. The van der Waals surface area contributed by atoms with E-state index in [-0.39, 0.29) is 23.1 Å². The molecule has 2 unspecified atom stereocenters. The summed E-state index contributed by atoms with van der Waals surface area (Å²) in [5, 5.41) is 7.18. The van der Waals surface area contributed by atoms with Crippen LogP contribution in [0.5, 0.6) is 5.75 Å². The monoisotopic (exact) mass is 528 g/mol. The third-order valence-corrected chi connectivity index (χ3v) is 6.11. The fraction of sp³-hybridized carbons (Fsp3) is 0.464. The Balaban J connectivity index is 2.04. The van der Waals surface area contributed by atoms with Gasteiger partial charge in [-0.15, -0.1) is 5.10 Å². The van der Waals surface area contributed by atoms with Crippen molar-refractivity contribution in [3.8, 4) is 11.4 Å². The van der Waals surface area contributed by atoms with Gasteiger partial charge in [0.05, 0.1) is 11.7 Å². The number of rotatable bonds is 12. The lowest BCUT2D eigenvalue weighted by molar-refractivity contribution is -0.156. The normalized spacial score (nSPS) is 13.7. The van der Waals surface area contributed by atoms with Crippen LogP contribution in [0, 0.1) is 12.7 Å². The molecule has 10 heteroatoms. The first-order valence-corrected chi connectivity index (χ1v) is 12.9. The Bertz CT molecular complexity index is 1320. The summed E-state index contributed by atoms with van der Waals surface area (Å²) in [7, 11) is 1.54. The van der Waals surface area contributed by atoms with E-state index in [1.165, 1.54) is 17.7 Å². The molecule has 9 nitrogen and oxygen atoms in total. The van der Waals surface area contributed by atoms with Gasteiger partial charge in [-0.2, -0.15) is 4.68 Å². The molecule has 0 saturated carbocycles. The Hall–Kier alpha value is -3.50. The molecule has 38 heavy (non-hydrogen) atoms. The average molecular weight is 529 g/mol. The summed E-state index contributed by atoms with van der Waals surface area (Å²) in [5.41, 5.74) is 0.790. The van der Waals surface area contributed by atoms with Gasteiger partial charge in [-0.05, 0) is 58.7 Å². The molecule has 3 atom stereocenters. The van der Waals surface area contributed by atoms with Crippen molar-refractivity contribution < 1.29 is 23.4 Å². The van der Waals surface area contributed by atoms with Crippen molar-refractivity contribution in [3.63, 3.8) is 0 Å². The van der Waals surface area contributed by atoms with E-state index in [0.29, 0.717) is 18.1 Å². The lowest BCUT2D eigenvalue weighted by Gasteiger charge is -2.19. The van der Waals surface area contributed by atoms with Crippen LogP contribution < -0.4 is 15.7 Å². The summed E-state index contributed by atoms with van der Waals surface area (Å²) >= 11 is 0. The summed E-state index contributed by atoms with van der Waals surface area (Å²) in [4.78, 5) is 26.3. The molecule has 0 aliphatic rings. The van der Waals surface area contributed by atoms with Crippen LogP contribution in [0.15, 0.2) is 41.2 Å². The minimum absolute atomic E-state index is 0.0175. The van der Waals surface area contributed by atoms with E-state index in [9.17, 15) is 9.59 Å². The van der Waals surface area contributed by atoms with Crippen molar-refractivity contribution in [2.45, 2.75) is 72.9 Å². The number of hydrogen-bond donors (Lipinski definition) is 1. The third kappa shape index (κ3) is 6.68. The molecule has 3 aromatic rings. The van der Waals surface area contributed by atoms with Gasteiger partial charge in [0.25, 0.3) is 5.91 Å². The molecule has 1 heterocycles. The summed E-state index contributed by atoms with van der Waals surface area (Å²) < 4.78 is 35.0. The van der Waals surface area contributed by atoms with E-state index < -0.39 is 29.8 Å². The molecule has 0 aliphatic carbocycles. The van der Waals surface area contributed by atoms with Crippen LogP contribution in [0.3, 0.4) is 0 Å². The molecular formula is C28H37FN4O5. The Morgan fingerprint density at radius 3 is 2.53 bits per heavy atom. The van der Waals surface area contributed by atoms with Gasteiger partial charge >= 0.3 is 5.69 Å². The number of carbonyl (C=O) groups excluding carboxylic acids is 1. The van der Waals surface area contributed by atoms with Gasteiger partial charge < -0.3 is 19.5 Å². The van der Waals surface area contributed by atoms with E-state index in [4.69, 9.17) is 14.2 Å². The first-order valence-electron chi connectivity index (χ1n) is 12.9. The Morgan fingerprint density at radius 2 is 1.87 bits per heavy atom. The number of anilines is 1. The molecule has 1 aromatic heterocycles. The minimum atomic E-state index is -0.793. The van der Waals surface area contributed by atoms with E-state index >= 15 is 4.39 Å². The van der Waals surface area contributed by atoms with E-state index in [2.05, 4.69) is 10.4 Å². The lowest BCUT2D eigenvalue weighted by atomic mass is 10.1. The number of aryl methyl sites for hydroxylation is 1. The number of nitrogens with zero attached hydrogens (tertiary/aromatic N) is 3. The summed E-state index contributed by atoms with van der Waals surface area (Å²) in [5.74, 6) is -0.867. The van der Waals surface area contributed by atoms with E-state index in [1.54, 1.807) is 26.0 Å². The van der Waals surface area contributed by atoms with Gasteiger partial charge in [-0.25, -0.2) is 9.18 Å². The zero-order valence-electron chi connectivity index (χ0n) is 23.1. The zero-order valence-corrected chi connectivity index (χ0v) is 23.1. The van der Waals surface area contributed by atoms with Crippen LogP contribution in [0.4, 0.5) is 10.1 Å². The Morgan fingerprint density at radius 1 is 1.16 bits per heavy atom. The molecule has 1 N–H and O–H groups in total. The SMILES string of the molecule is CCCC(C)Oc1cc(-n2nc([C@H](C)OC(C)OCC)n(C)c2=O)c(F)cc1C(=O)Nc1ccccc1C. The number of para-hydroxylation sites is 1. The summed E-state index contributed by atoms with van der Waals surface area (Å²) in [6.07, 6.45) is 0.233. The van der Waals surface area contributed by atoms with Crippen molar-refractivity contribution in [3.05, 3.63) is 69.7 Å². The quantitative estimate of drug-likeness (QED) is 0.321. The fourth-order valence-corrected chi connectivity index (χ4v) is 4.15. The number of nitrogens with one attached hydrogen (secondary N) is 1. The van der Waals surface area contributed by atoms with Crippen LogP contribution in [0.2, 0.25) is 0 Å². The van der Waals surface area contributed by atoms with Gasteiger partial charge in [0.2, 0.25) is 0 Å². The zero-order chi connectivity index (χ0) is 28.0. The van der Waals surface area contributed by atoms with Crippen molar-refractivity contribution >= 4 is 11.6 Å². The predicted molar refractivity (Wildman–Crippen MR) is 143 cm³/mol. The first-order chi connectivity index (χ1) is 18.1. The lowest BCUT2D eigenvalue weighted by Crippen LogP contribution is -2.24. The highest BCUT2D eigenvalue weighted by atomic mass is 19.1. The van der Waals surface area contributed by atoms with E-state index in [0.717, 1.165) is 29.2 Å². The maximum absolute atomic E-state index is 15.5. The van der Waals surface area contributed by atoms with Gasteiger partial charge in [0.1, 0.15) is 23.4 Å². The molecular weight excluding hydrogens is 491 g/mol. The highest BCUT2D eigenvalue weighted by molar-refractivity contribution is 6.06. The van der Waals surface area contributed by atoms with Gasteiger partial charge in [-0.3, -0.25) is 9.36 Å². The highest BCUT2D eigenvalue weighted by Gasteiger charge is 2.25. The molecule has 2 aromatic carbocycles. The van der Waals surface area contributed by atoms with Crippen LogP contribution >= 0.6 is 0 Å². The number of amides is 1. The van der Waals surface area contributed by atoms with Crippen molar-refractivity contribution in [1.82, 2.24) is 14.3 Å². The standard InChI is InChI=1S/C28H37FN4O5/c1-8-12-18(4)37-25-16-24(22(29)15-21(25)27(34)30-23-14-11-10-13-17(23)3)33-28(35)32(7)26(31-33)19(5)38-20(6)36-9-2/h10-11,13-16,18-20H,8-9,12H2,1-7H3,(H,30,34)/t18?,19-,20?/m0/s1. The first kappa shape index (κ1) is 29.1. The number of carbonyl (C=O) groups is 1. The smallest absolute Gasteiger partial charge is 0.350 e. The predicted octanol–water partition coefficient (Wildman–Crippen LogP) is 5.30. The topological polar surface area (TPSA) is 96.6 Å². The van der Waals surface area contributed by atoms with Gasteiger partial charge in [0, 0.05) is 25.4 Å². The second-order valence-corrected chi connectivity index (χ2v) is 9.20. The third-order valence-electron chi connectivity index (χ3n) is 6.11. The largest absolute Gasteiger partial charge is 0.490 e. The molecule has 1 amide bonds. The summed E-state index contributed by atoms with van der Waals surface area (Å²) in [6, 6.07) is 9.73. The number of aromatic nitrogens is 3. The van der Waals surface area contributed by atoms with Crippen molar-refractivity contribution in [1.29, 1.82) is 0 Å². The summed E-state index contributed by atoms with van der Waals surface area (Å²) in [6.45, 7) is 11.6. The van der Waals surface area contributed by atoms with Crippen LogP contribution in [-0.2, 0) is 16.5 Å². The highest BCUT2D eigenvalue weighted by Crippen LogP contribution is 2.29. The number of benzene rings is 2. The van der Waals surface area contributed by atoms with E-state index in [1.807, 2.05) is 39.8 Å².